The number of hydrogen-bond donors (Lipinski definition) is 1. The van der Waals surface area contributed by atoms with Gasteiger partial charge in [-0.05, 0) is 18.2 Å². The molecule has 2 rings (SSSR count). The van der Waals surface area contributed by atoms with Crippen LogP contribution >= 0.6 is 0 Å². The summed E-state index contributed by atoms with van der Waals surface area (Å²) in [5, 5.41) is 16.2. The van der Waals surface area contributed by atoms with E-state index in [-0.39, 0.29) is 5.39 Å². The van der Waals surface area contributed by atoms with Gasteiger partial charge in [0.05, 0.1) is 12.5 Å². The van der Waals surface area contributed by atoms with Gasteiger partial charge in [0.1, 0.15) is 17.8 Å². The summed E-state index contributed by atoms with van der Waals surface area (Å²) in [4.78, 5) is 22.4. The van der Waals surface area contributed by atoms with Crippen LogP contribution in [0.5, 0.6) is 5.75 Å². The van der Waals surface area contributed by atoms with Crippen LogP contribution in [0.4, 0.5) is 0 Å². The lowest BCUT2D eigenvalue weighted by molar-refractivity contribution is -0.138. The fourth-order valence-electron chi connectivity index (χ4n) is 1.41. The third kappa shape index (κ3) is 2.07. The largest absolute Gasteiger partial charge is 0.497 e. The van der Waals surface area contributed by atoms with E-state index < -0.39 is 18.1 Å². The number of benzene rings is 1. The number of hydrogen-bond acceptors (Lipinski definition) is 5. The van der Waals surface area contributed by atoms with Crippen molar-refractivity contribution >= 4 is 16.9 Å². The Balaban J connectivity index is 2.64. The van der Waals surface area contributed by atoms with Crippen molar-refractivity contribution in [2.24, 2.45) is 0 Å². The third-order valence-corrected chi connectivity index (χ3v) is 2.21. The molecular weight excluding hydrogens is 226 g/mol. The molecule has 0 aliphatic rings. The van der Waals surface area contributed by atoms with Gasteiger partial charge in [0.25, 0.3) is 5.56 Å². The molecule has 0 unspecified atom stereocenters. The fourth-order valence-corrected chi connectivity index (χ4v) is 1.41. The van der Waals surface area contributed by atoms with Gasteiger partial charge in [-0.15, -0.1) is 5.10 Å². The molecule has 0 saturated carbocycles. The lowest BCUT2D eigenvalue weighted by Crippen LogP contribution is -2.27. The number of nitrogens with zero attached hydrogens (tertiary/aromatic N) is 3. The highest BCUT2D eigenvalue weighted by Gasteiger charge is 2.09. The molecule has 0 aliphatic heterocycles. The van der Waals surface area contributed by atoms with Gasteiger partial charge >= 0.3 is 5.97 Å². The second-order valence-electron chi connectivity index (χ2n) is 3.33. The lowest BCUT2D eigenvalue weighted by atomic mass is 10.2. The van der Waals surface area contributed by atoms with Crippen LogP contribution in [0.3, 0.4) is 0 Å². The number of ether oxygens (including phenoxy) is 1. The van der Waals surface area contributed by atoms with Crippen molar-refractivity contribution in [1.82, 2.24) is 15.0 Å². The molecule has 0 atom stereocenters. The molecule has 1 heterocycles. The fraction of sp³-hybridized carbons (Fsp3) is 0.200. The number of aliphatic carboxylic acids is 1. The second kappa shape index (κ2) is 4.20. The van der Waals surface area contributed by atoms with E-state index in [2.05, 4.69) is 10.3 Å². The predicted molar refractivity (Wildman–Crippen MR) is 58.0 cm³/mol. The van der Waals surface area contributed by atoms with Gasteiger partial charge in [0, 0.05) is 0 Å². The van der Waals surface area contributed by atoms with Crippen molar-refractivity contribution in [3.63, 3.8) is 0 Å². The zero-order valence-corrected chi connectivity index (χ0v) is 8.95. The van der Waals surface area contributed by atoms with Crippen molar-refractivity contribution < 1.29 is 14.6 Å². The van der Waals surface area contributed by atoms with Gasteiger partial charge in [-0.2, -0.15) is 4.68 Å². The first-order chi connectivity index (χ1) is 8.11. The highest BCUT2D eigenvalue weighted by atomic mass is 16.5. The van der Waals surface area contributed by atoms with Crippen LogP contribution < -0.4 is 10.3 Å². The molecule has 17 heavy (non-hydrogen) atoms. The minimum Gasteiger partial charge on any atom is -0.497 e. The summed E-state index contributed by atoms with van der Waals surface area (Å²) < 4.78 is 5.78. The van der Waals surface area contributed by atoms with Crippen LogP contribution in [-0.4, -0.2) is 33.2 Å². The lowest BCUT2D eigenvalue weighted by Gasteiger charge is -2.03. The monoisotopic (exact) mass is 235 g/mol. The number of carboxylic acids is 1. The Morgan fingerprint density at radius 2 is 2.29 bits per heavy atom. The molecule has 0 radical (unpaired) electrons. The predicted octanol–water partition coefficient (Wildman–Crippen LogP) is -0.115. The highest BCUT2D eigenvalue weighted by Crippen LogP contribution is 2.15. The summed E-state index contributed by atoms with van der Waals surface area (Å²) >= 11 is 0. The van der Waals surface area contributed by atoms with Crippen molar-refractivity contribution in [2.75, 3.05) is 7.11 Å². The maximum absolute atomic E-state index is 11.9. The molecule has 1 aromatic carbocycles. The molecule has 0 amide bonds. The van der Waals surface area contributed by atoms with E-state index in [1.165, 1.54) is 13.2 Å². The van der Waals surface area contributed by atoms with Crippen LogP contribution in [-0.2, 0) is 11.3 Å². The van der Waals surface area contributed by atoms with E-state index in [0.29, 0.717) is 11.3 Å². The van der Waals surface area contributed by atoms with Crippen LogP contribution in [0.1, 0.15) is 0 Å². The first-order valence-corrected chi connectivity index (χ1v) is 4.75. The van der Waals surface area contributed by atoms with E-state index in [1.807, 2.05) is 0 Å². The van der Waals surface area contributed by atoms with Gasteiger partial charge in [-0.25, -0.2) is 0 Å². The first-order valence-electron chi connectivity index (χ1n) is 4.75. The molecule has 1 aromatic heterocycles. The van der Waals surface area contributed by atoms with Crippen molar-refractivity contribution in [2.45, 2.75) is 6.54 Å². The van der Waals surface area contributed by atoms with Gasteiger partial charge in [0.15, 0.2) is 0 Å². The molecule has 0 saturated heterocycles. The molecule has 0 aliphatic carbocycles. The van der Waals surface area contributed by atoms with Crippen LogP contribution in [0.15, 0.2) is 23.0 Å². The SMILES string of the molecule is COc1ccc2nnn(CC(=O)O)c(=O)c2c1. The average molecular weight is 235 g/mol. The van der Waals surface area contributed by atoms with E-state index >= 15 is 0 Å². The summed E-state index contributed by atoms with van der Waals surface area (Å²) in [5.74, 6) is -0.645. The van der Waals surface area contributed by atoms with Gasteiger partial charge in [0.2, 0.25) is 0 Å². The quantitative estimate of drug-likeness (QED) is 0.797. The van der Waals surface area contributed by atoms with Crippen molar-refractivity contribution in [3.05, 3.63) is 28.6 Å². The van der Waals surface area contributed by atoms with Crippen LogP contribution in [0, 0.1) is 0 Å². The molecule has 7 heteroatoms. The number of fused-ring (bicyclic) bond motifs is 1. The van der Waals surface area contributed by atoms with Crippen LogP contribution in [0.25, 0.3) is 10.9 Å². The Morgan fingerprint density at radius 3 is 2.94 bits per heavy atom. The number of carboxylic acid groups (broad SMARTS) is 1. The number of rotatable bonds is 3. The van der Waals surface area contributed by atoms with Crippen molar-refractivity contribution in [3.8, 4) is 5.75 Å². The van der Waals surface area contributed by atoms with E-state index in [9.17, 15) is 9.59 Å². The molecule has 88 valence electrons. The summed E-state index contributed by atoms with van der Waals surface area (Å²) in [6.45, 7) is -0.515. The molecule has 2 aromatic rings. The second-order valence-corrected chi connectivity index (χ2v) is 3.33. The number of carbonyl (C=O) groups is 1. The average Bonchev–Trinajstić information content (AvgIpc) is 2.32. The van der Waals surface area contributed by atoms with Gasteiger partial charge in [-0.1, -0.05) is 5.21 Å². The summed E-state index contributed by atoms with van der Waals surface area (Å²) in [5.41, 5.74) is -0.103. The first kappa shape index (κ1) is 11.1. The Bertz CT molecular complexity index is 635. The molecule has 0 bridgehead atoms. The van der Waals surface area contributed by atoms with Crippen molar-refractivity contribution in [1.29, 1.82) is 0 Å². The topological polar surface area (TPSA) is 94.3 Å². The summed E-state index contributed by atoms with van der Waals surface area (Å²) in [6.07, 6.45) is 0. The zero-order chi connectivity index (χ0) is 12.4. The van der Waals surface area contributed by atoms with E-state index in [1.54, 1.807) is 12.1 Å². The molecule has 1 N–H and O–H groups in total. The molecule has 7 nitrogen and oxygen atoms in total. The smallest absolute Gasteiger partial charge is 0.325 e. The standard InChI is InChI=1S/C10H9N3O4/c1-17-6-2-3-8-7(4-6)10(16)13(12-11-8)5-9(14)15/h2-4H,5H2,1H3,(H,14,15). The Labute approximate surface area is 95.2 Å². The van der Waals surface area contributed by atoms with Crippen LogP contribution in [0.2, 0.25) is 0 Å². The maximum atomic E-state index is 11.9. The summed E-state index contributed by atoms with van der Waals surface area (Å²) in [7, 11) is 1.48. The highest BCUT2D eigenvalue weighted by molar-refractivity contribution is 5.78. The zero-order valence-electron chi connectivity index (χ0n) is 8.95. The Morgan fingerprint density at radius 1 is 1.53 bits per heavy atom. The minimum absolute atomic E-state index is 0.278. The third-order valence-electron chi connectivity index (χ3n) is 2.21. The molecular formula is C10H9N3O4. The van der Waals surface area contributed by atoms with Gasteiger partial charge in [-0.3, -0.25) is 9.59 Å². The molecule has 0 spiro atoms. The summed E-state index contributed by atoms with van der Waals surface area (Å²) in [6, 6.07) is 4.75. The number of aromatic nitrogens is 3. The van der Waals surface area contributed by atoms with Gasteiger partial charge < -0.3 is 9.84 Å². The normalized spacial score (nSPS) is 10.4. The Kier molecular flexibility index (Phi) is 2.73. The van der Waals surface area contributed by atoms with E-state index in [4.69, 9.17) is 9.84 Å². The minimum atomic E-state index is -1.15. The number of methoxy groups -OCH3 is 1. The Hall–Kier alpha value is -2.44. The maximum Gasteiger partial charge on any atom is 0.325 e. The van der Waals surface area contributed by atoms with E-state index in [0.717, 1.165) is 4.68 Å². The molecule has 0 fully saturated rings.